The molecule has 0 aromatic heterocycles. The number of urea groups is 1. The lowest BCUT2D eigenvalue weighted by atomic mass is 9.93. The van der Waals surface area contributed by atoms with E-state index < -0.39 is 0 Å². The number of carbonyl (C=O) groups is 1. The largest absolute Gasteiger partial charge is 0.409 e. The maximum absolute atomic E-state index is 11.3. The highest BCUT2D eigenvalue weighted by molar-refractivity contribution is 5.79. The van der Waals surface area contributed by atoms with Gasteiger partial charge in [0.15, 0.2) is 0 Å². The van der Waals surface area contributed by atoms with Crippen molar-refractivity contribution in [2.45, 2.75) is 44.6 Å². The van der Waals surface area contributed by atoms with Crippen molar-refractivity contribution < 1.29 is 10.0 Å². The molecule has 0 bridgehead atoms. The topological polar surface area (TPSA) is 99.7 Å². The van der Waals surface area contributed by atoms with Crippen LogP contribution in [0.4, 0.5) is 4.79 Å². The molecule has 6 heteroatoms. The van der Waals surface area contributed by atoms with Crippen LogP contribution in [-0.4, -0.2) is 29.7 Å². The Balaban J connectivity index is 1.91. The summed E-state index contributed by atoms with van der Waals surface area (Å²) < 4.78 is 0. The standard InChI is InChI=1S/C10H20N4O2/c11-9(14-16)6-1-2-7-12-10(15)13-8-4-3-5-8/h8,16H,1-7H2,(H2,11,14)(H2,12,13,15). The third kappa shape index (κ3) is 4.86. The number of hydrogen-bond donors (Lipinski definition) is 4. The fraction of sp³-hybridized carbons (Fsp3) is 0.800. The lowest BCUT2D eigenvalue weighted by Crippen LogP contribution is -2.45. The van der Waals surface area contributed by atoms with E-state index in [0.29, 0.717) is 19.0 Å². The van der Waals surface area contributed by atoms with Gasteiger partial charge in [-0.1, -0.05) is 5.16 Å². The van der Waals surface area contributed by atoms with Crippen LogP contribution >= 0.6 is 0 Å². The second-order valence-electron chi connectivity index (χ2n) is 4.08. The van der Waals surface area contributed by atoms with Crippen LogP contribution < -0.4 is 16.4 Å². The van der Waals surface area contributed by atoms with Crippen LogP contribution in [0, 0.1) is 0 Å². The fourth-order valence-corrected chi connectivity index (χ4v) is 1.47. The summed E-state index contributed by atoms with van der Waals surface area (Å²) in [5.74, 6) is 0.235. The Hall–Kier alpha value is -1.46. The average Bonchev–Trinajstić information content (AvgIpc) is 2.22. The highest BCUT2D eigenvalue weighted by Crippen LogP contribution is 2.17. The van der Waals surface area contributed by atoms with Crippen molar-refractivity contribution in [2.75, 3.05) is 6.54 Å². The number of unbranched alkanes of at least 4 members (excludes halogenated alkanes) is 1. The molecule has 0 aromatic rings. The van der Waals surface area contributed by atoms with Crippen LogP contribution in [0.1, 0.15) is 38.5 Å². The van der Waals surface area contributed by atoms with Crippen LogP contribution in [0.2, 0.25) is 0 Å². The summed E-state index contributed by atoms with van der Waals surface area (Å²) in [7, 11) is 0. The lowest BCUT2D eigenvalue weighted by molar-refractivity contribution is 0.228. The first-order chi connectivity index (χ1) is 7.72. The van der Waals surface area contributed by atoms with E-state index in [0.717, 1.165) is 25.7 Å². The Labute approximate surface area is 95.3 Å². The number of nitrogens with two attached hydrogens (primary N) is 1. The maximum Gasteiger partial charge on any atom is 0.315 e. The number of nitrogens with one attached hydrogen (secondary N) is 2. The highest BCUT2D eigenvalue weighted by atomic mass is 16.4. The van der Waals surface area contributed by atoms with E-state index >= 15 is 0 Å². The van der Waals surface area contributed by atoms with Crippen LogP contribution in [0.25, 0.3) is 0 Å². The molecule has 1 aliphatic rings. The molecule has 1 saturated carbocycles. The predicted molar refractivity (Wildman–Crippen MR) is 61.4 cm³/mol. The van der Waals surface area contributed by atoms with Gasteiger partial charge >= 0.3 is 6.03 Å². The molecule has 92 valence electrons. The first-order valence-electron chi connectivity index (χ1n) is 5.73. The Morgan fingerprint density at radius 1 is 1.44 bits per heavy atom. The number of carbonyl (C=O) groups excluding carboxylic acids is 1. The van der Waals surface area contributed by atoms with E-state index in [2.05, 4.69) is 15.8 Å². The Morgan fingerprint density at radius 2 is 2.19 bits per heavy atom. The number of nitrogens with zero attached hydrogens (tertiary/aromatic N) is 1. The number of amides is 2. The Morgan fingerprint density at radius 3 is 2.75 bits per heavy atom. The fourth-order valence-electron chi connectivity index (χ4n) is 1.47. The molecular formula is C10H20N4O2. The van der Waals surface area contributed by atoms with Gasteiger partial charge < -0.3 is 21.6 Å². The highest BCUT2D eigenvalue weighted by Gasteiger charge is 2.18. The Kier molecular flexibility index (Phi) is 5.45. The molecule has 0 radical (unpaired) electrons. The minimum atomic E-state index is -0.0894. The van der Waals surface area contributed by atoms with Crippen LogP contribution in [0.3, 0.4) is 0 Å². The molecule has 0 atom stereocenters. The van der Waals surface area contributed by atoms with Crippen LogP contribution in [-0.2, 0) is 0 Å². The molecule has 0 aromatic carbocycles. The third-order valence-corrected chi connectivity index (χ3v) is 2.71. The summed E-state index contributed by atoms with van der Waals surface area (Å²) in [6.07, 6.45) is 5.59. The zero-order valence-electron chi connectivity index (χ0n) is 9.41. The normalized spacial score (nSPS) is 16.6. The van der Waals surface area contributed by atoms with Gasteiger partial charge in [0.1, 0.15) is 5.84 Å². The molecule has 2 amide bonds. The first kappa shape index (κ1) is 12.6. The van der Waals surface area contributed by atoms with Crippen molar-refractivity contribution in [2.24, 2.45) is 10.9 Å². The SMILES string of the molecule is NC(CCCCNC(=O)NC1CCC1)=NO. The molecule has 6 nitrogen and oxygen atoms in total. The number of amidine groups is 1. The summed E-state index contributed by atoms with van der Waals surface area (Å²) in [5.41, 5.74) is 5.31. The molecular weight excluding hydrogens is 208 g/mol. The van der Waals surface area contributed by atoms with E-state index in [1.807, 2.05) is 0 Å². The van der Waals surface area contributed by atoms with E-state index in [4.69, 9.17) is 10.9 Å². The first-order valence-corrected chi connectivity index (χ1v) is 5.73. The molecule has 0 saturated heterocycles. The van der Waals surface area contributed by atoms with Gasteiger partial charge in [-0.25, -0.2) is 4.79 Å². The minimum Gasteiger partial charge on any atom is -0.409 e. The van der Waals surface area contributed by atoms with Crippen molar-refractivity contribution in [3.05, 3.63) is 0 Å². The molecule has 0 heterocycles. The molecule has 0 unspecified atom stereocenters. The second kappa shape index (κ2) is 6.92. The van der Waals surface area contributed by atoms with Crippen molar-refractivity contribution >= 4 is 11.9 Å². The monoisotopic (exact) mass is 228 g/mol. The minimum absolute atomic E-state index is 0.0894. The summed E-state index contributed by atoms with van der Waals surface area (Å²) in [6.45, 7) is 0.622. The van der Waals surface area contributed by atoms with Crippen molar-refractivity contribution in [1.82, 2.24) is 10.6 Å². The summed E-state index contributed by atoms with van der Waals surface area (Å²) in [5, 5.41) is 16.8. The van der Waals surface area contributed by atoms with Crippen LogP contribution in [0.5, 0.6) is 0 Å². The maximum atomic E-state index is 11.3. The van der Waals surface area contributed by atoms with E-state index in [1.165, 1.54) is 6.42 Å². The van der Waals surface area contributed by atoms with Gasteiger partial charge in [0.05, 0.1) is 0 Å². The number of hydrogen-bond acceptors (Lipinski definition) is 3. The van der Waals surface area contributed by atoms with Gasteiger partial charge in [0.2, 0.25) is 0 Å². The number of oxime groups is 1. The second-order valence-corrected chi connectivity index (χ2v) is 4.08. The Bertz CT molecular complexity index is 251. The molecule has 0 spiro atoms. The van der Waals surface area contributed by atoms with E-state index in [1.54, 1.807) is 0 Å². The lowest BCUT2D eigenvalue weighted by Gasteiger charge is -2.26. The molecule has 0 aliphatic heterocycles. The summed E-state index contributed by atoms with van der Waals surface area (Å²) in [4.78, 5) is 11.3. The average molecular weight is 228 g/mol. The van der Waals surface area contributed by atoms with Gasteiger partial charge in [-0.05, 0) is 32.1 Å². The van der Waals surface area contributed by atoms with Crippen molar-refractivity contribution in [3.63, 3.8) is 0 Å². The van der Waals surface area contributed by atoms with Crippen molar-refractivity contribution in [1.29, 1.82) is 0 Å². The van der Waals surface area contributed by atoms with Gasteiger partial charge in [-0.15, -0.1) is 0 Å². The third-order valence-electron chi connectivity index (χ3n) is 2.71. The van der Waals surface area contributed by atoms with E-state index in [9.17, 15) is 4.79 Å². The molecule has 5 N–H and O–H groups in total. The van der Waals surface area contributed by atoms with Gasteiger partial charge in [-0.2, -0.15) is 0 Å². The zero-order chi connectivity index (χ0) is 11.8. The molecule has 1 rings (SSSR count). The summed E-state index contributed by atoms with van der Waals surface area (Å²) >= 11 is 0. The smallest absolute Gasteiger partial charge is 0.315 e. The summed E-state index contributed by atoms with van der Waals surface area (Å²) in [6, 6.07) is 0.283. The quantitative estimate of drug-likeness (QED) is 0.177. The zero-order valence-corrected chi connectivity index (χ0v) is 9.41. The van der Waals surface area contributed by atoms with E-state index in [-0.39, 0.29) is 11.9 Å². The molecule has 1 aliphatic carbocycles. The van der Waals surface area contributed by atoms with Gasteiger partial charge in [0, 0.05) is 19.0 Å². The molecule has 16 heavy (non-hydrogen) atoms. The van der Waals surface area contributed by atoms with Gasteiger partial charge in [0.25, 0.3) is 0 Å². The predicted octanol–water partition coefficient (Wildman–Crippen LogP) is 0.755. The van der Waals surface area contributed by atoms with Crippen molar-refractivity contribution in [3.8, 4) is 0 Å². The molecule has 1 fully saturated rings. The van der Waals surface area contributed by atoms with Crippen LogP contribution in [0.15, 0.2) is 5.16 Å². The van der Waals surface area contributed by atoms with Gasteiger partial charge in [-0.3, -0.25) is 0 Å². The number of rotatable bonds is 6.